The predicted molar refractivity (Wildman–Crippen MR) is 95.3 cm³/mol. The first-order valence-corrected chi connectivity index (χ1v) is 8.71. The van der Waals surface area contributed by atoms with Gasteiger partial charge in [-0.1, -0.05) is 0 Å². The maximum absolute atomic E-state index is 13.1. The molecule has 2 heterocycles. The largest absolute Gasteiger partial charge is 0.481 e. The number of carboxylic acids is 1. The molecule has 1 fully saturated rings. The van der Waals surface area contributed by atoms with Gasteiger partial charge in [-0.3, -0.25) is 9.59 Å². The van der Waals surface area contributed by atoms with Gasteiger partial charge in [0.25, 0.3) is 0 Å². The van der Waals surface area contributed by atoms with Gasteiger partial charge in [-0.2, -0.15) is 5.10 Å². The third-order valence-electron chi connectivity index (χ3n) is 4.85. The summed E-state index contributed by atoms with van der Waals surface area (Å²) in [4.78, 5) is 23.7. The molecule has 0 saturated carbocycles. The molecule has 1 aliphatic rings. The molecule has 0 bridgehead atoms. The van der Waals surface area contributed by atoms with Gasteiger partial charge in [-0.25, -0.2) is 9.07 Å². The quantitative estimate of drug-likeness (QED) is 0.805. The molecule has 1 aliphatic heterocycles. The molecule has 1 aromatic heterocycles. The van der Waals surface area contributed by atoms with Crippen molar-refractivity contribution >= 4 is 11.9 Å². The third kappa shape index (κ3) is 4.16. The summed E-state index contributed by atoms with van der Waals surface area (Å²) in [6.45, 7) is 4.27. The Bertz CT molecular complexity index is 855. The lowest BCUT2D eigenvalue weighted by molar-refractivity contribution is -0.139. The van der Waals surface area contributed by atoms with E-state index in [2.05, 4.69) is 10.4 Å². The molecular weight excluding hydrogens is 353 g/mol. The summed E-state index contributed by atoms with van der Waals surface area (Å²) in [6, 6.07) is 5.95. The Balaban J connectivity index is 1.78. The number of nitrogens with zero attached hydrogens (tertiary/aromatic N) is 2. The molecule has 1 unspecified atom stereocenters. The lowest BCUT2D eigenvalue weighted by Crippen LogP contribution is -2.51. The van der Waals surface area contributed by atoms with Crippen LogP contribution in [0, 0.1) is 19.7 Å². The Labute approximate surface area is 156 Å². The summed E-state index contributed by atoms with van der Waals surface area (Å²) in [5.41, 5.74) is 2.08. The molecule has 8 heteroatoms. The molecule has 27 heavy (non-hydrogen) atoms. The first-order valence-electron chi connectivity index (χ1n) is 8.71. The lowest BCUT2D eigenvalue weighted by Gasteiger charge is -2.27. The van der Waals surface area contributed by atoms with Gasteiger partial charge >= 0.3 is 5.97 Å². The van der Waals surface area contributed by atoms with Crippen LogP contribution in [0.15, 0.2) is 24.3 Å². The second-order valence-electron chi connectivity index (χ2n) is 6.92. The van der Waals surface area contributed by atoms with Crippen molar-refractivity contribution in [1.29, 1.82) is 0 Å². The zero-order valence-corrected chi connectivity index (χ0v) is 15.3. The van der Waals surface area contributed by atoms with E-state index in [1.165, 1.54) is 12.1 Å². The van der Waals surface area contributed by atoms with Crippen LogP contribution in [0.1, 0.15) is 29.8 Å². The highest BCUT2D eigenvalue weighted by Gasteiger charge is 2.38. The number of aryl methyl sites for hydroxylation is 1. The smallest absolute Gasteiger partial charge is 0.305 e. The number of aromatic nitrogens is 2. The maximum atomic E-state index is 13.1. The molecule has 0 radical (unpaired) electrons. The SMILES string of the molecule is Cc1nn(-c2ccc(F)cc2)c(C)c1CC(=O)NC1(CC(=O)O)CCOC1. The van der Waals surface area contributed by atoms with Crippen LogP contribution in [0.3, 0.4) is 0 Å². The van der Waals surface area contributed by atoms with E-state index in [1.54, 1.807) is 23.7 Å². The van der Waals surface area contributed by atoms with Gasteiger partial charge in [0.2, 0.25) is 5.91 Å². The molecule has 2 aromatic rings. The van der Waals surface area contributed by atoms with E-state index in [9.17, 15) is 14.0 Å². The van der Waals surface area contributed by atoms with Crippen molar-refractivity contribution in [3.63, 3.8) is 0 Å². The number of carboxylic acid groups (broad SMARTS) is 1. The molecule has 1 aromatic carbocycles. The van der Waals surface area contributed by atoms with Crippen LogP contribution in [0.5, 0.6) is 0 Å². The zero-order valence-electron chi connectivity index (χ0n) is 15.3. The normalized spacial score (nSPS) is 19.2. The van der Waals surface area contributed by atoms with Crippen molar-refractivity contribution in [3.05, 3.63) is 47.0 Å². The molecular formula is C19H22FN3O4. The standard InChI is InChI=1S/C19H22FN3O4/c1-12-16(13(2)23(22-12)15-5-3-14(20)4-6-15)9-17(24)21-19(10-18(25)26)7-8-27-11-19/h3-6H,7-11H2,1-2H3,(H,21,24)(H,25,26). The van der Waals surface area contributed by atoms with E-state index in [4.69, 9.17) is 9.84 Å². The molecule has 1 saturated heterocycles. The van der Waals surface area contributed by atoms with Crippen LogP contribution in [0.25, 0.3) is 5.69 Å². The third-order valence-corrected chi connectivity index (χ3v) is 4.85. The minimum absolute atomic E-state index is 0.0836. The lowest BCUT2D eigenvalue weighted by atomic mass is 9.93. The predicted octanol–water partition coefficient (Wildman–Crippen LogP) is 1.92. The molecule has 0 spiro atoms. The number of halogens is 1. The fraction of sp³-hybridized carbons (Fsp3) is 0.421. The van der Waals surface area contributed by atoms with Crippen LogP contribution >= 0.6 is 0 Å². The number of ether oxygens (including phenoxy) is 1. The number of amides is 1. The summed E-state index contributed by atoms with van der Waals surface area (Å²) >= 11 is 0. The van der Waals surface area contributed by atoms with Crippen molar-refractivity contribution < 1.29 is 23.8 Å². The highest BCUT2D eigenvalue weighted by Crippen LogP contribution is 2.24. The molecule has 1 atom stereocenters. The van der Waals surface area contributed by atoms with E-state index >= 15 is 0 Å². The average Bonchev–Trinajstić information content (AvgIpc) is 3.14. The Morgan fingerprint density at radius 3 is 2.63 bits per heavy atom. The monoisotopic (exact) mass is 375 g/mol. The second kappa shape index (κ2) is 7.48. The number of carbonyl (C=O) groups excluding carboxylic acids is 1. The minimum atomic E-state index is -0.975. The summed E-state index contributed by atoms with van der Waals surface area (Å²) in [5, 5.41) is 16.4. The van der Waals surface area contributed by atoms with Gasteiger partial charge in [-0.05, 0) is 44.5 Å². The van der Waals surface area contributed by atoms with Crippen LogP contribution in [0.2, 0.25) is 0 Å². The highest BCUT2D eigenvalue weighted by atomic mass is 19.1. The van der Waals surface area contributed by atoms with E-state index in [1.807, 2.05) is 6.92 Å². The van der Waals surface area contributed by atoms with E-state index in [0.717, 1.165) is 11.3 Å². The van der Waals surface area contributed by atoms with Crippen LogP contribution < -0.4 is 5.32 Å². The van der Waals surface area contributed by atoms with Gasteiger partial charge in [0.15, 0.2) is 0 Å². The number of hydrogen-bond acceptors (Lipinski definition) is 4. The summed E-state index contributed by atoms with van der Waals surface area (Å²) in [7, 11) is 0. The van der Waals surface area contributed by atoms with E-state index < -0.39 is 11.5 Å². The Kier molecular flexibility index (Phi) is 5.27. The molecule has 0 aliphatic carbocycles. The van der Waals surface area contributed by atoms with Gasteiger partial charge < -0.3 is 15.2 Å². The van der Waals surface area contributed by atoms with Crippen LogP contribution in [-0.4, -0.2) is 45.5 Å². The van der Waals surface area contributed by atoms with Crippen LogP contribution in [-0.2, 0) is 20.7 Å². The number of aliphatic carboxylic acids is 1. The fourth-order valence-electron chi connectivity index (χ4n) is 3.44. The van der Waals surface area contributed by atoms with Crippen molar-refractivity contribution in [2.75, 3.05) is 13.2 Å². The van der Waals surface area contributed by atoms with Gasteiger partial charge in [-0.15, -0.1) is 0 Å². The summed E-state index contributed by atoms with van der Waals surface area (Å²) in [5.74, 6) is -1.58. The number of rotatable bonds is 6. The molecule has 1 amide bonds. The summed E-state index contributed by atoms with van der Waals surface area (Å²) in [6.07, 6.45) is 0.379. The maximum Gasteiger partial charge on any atom is 0.305 e. The Hall–Kier alpha value is -2.74. The first-order chi connectivity index (χ1) is 12.8. The molecule has 2 N–H and O–H groups in total. The number of benzene rings is 1. The highest BCUT2D eigenvalue weighted by molar-refractivity contribution is 5.81. The Morgan fingerprint density at radius 2 is 2.04 bits per heavy atom. The van der Waals surface area contributed by atoms with Crippen molar-refractivity contribution in [1.82, 2.24) is 15.1 Å². The second-order valence-corrected chi connectivity index (χ2v) is 6.92. The number of carbonyl (C=O) groups is 2. The number of nitrogens with one attached hydrogen (secondary N) is 1. The van der Waals surface area contributed by atoms with Crippen molar-refractivity contribution in [2.45, 2.75) is 38.6 Å². The average molecular weight is 375 g/mol. The fourth-order valence-corrected chi connectivity index (χ4v) is 3.44. The minimum Gasteiger partial charge on any atom is -0.481 e. The molecule has 144 valence electrons. The van der Waals surface area contributed by atoms with Crippen molar-refractivity contribution in [2.24, 2.45) is 0 Å². The van der Waals surface area contributed by atoms with Gasteiger partial charge in [0, 0.05) is 17.9 Å². The van der Waals surface area contributed by atoms with Gasteiger partial charge in [0.1, 0.15) is 5.82 Å². The van der Waals surface area contributed by atoms with Crippen molar-refractivity contribution in [3.8, 4) is 5.69 Å². The Morgan fingerprint density at radius 1 is 1.33 bits per heavy atom. The van der Waals surface area contributed by atoms with E-state index in [-0.39, 0.29) is 31.2 Å². The summed E-state index contributed by atoms with van der Waals surface area (Å²) < 4.78 is 20.1. The van der Waals surface area contributed by atoms with E-state index in [0.29, 0.717) is 24.4 Å². The number of hydrogen-bond donors (Lipinski definition) is 2. The zero-order chi connectivity index (χ0) is 19.6. The molecule has 3 rings (SSSR count). The first kappa shape index (κ1) is 19.0. The van der Waals surface area contributed by atoms with Gasteiger partial charge in [0.05, 0.1) is 36.4 Å². The topological polar surface area (TPSA) is 93.5 Å². The van der Waals surface area contributed by atoms with Crippen LogP contribution in [0.4, 0.5) is 4.39 Å². The molecule has 7 nitrogen and oxygen atoms in total.